The van der Waals surface area contributed by atoms with Crippen molar-refractivity contribution < 1.29 is 23.1 Å². The van der Waals surface area contributed by atoms with Crippen LogP contribution in [0.5, 0.6) is 0 Å². The average molecular weight is 386 g/mol. The number of ether oxygens (including phenoxy) is 1. The third-order valence-corrected chi connectivity index (χ3v) is 6.15. The van der Waals surface area contributed by atoms with Gasteiger partial charge in [0.1, 0.15) is 11.6 Å². The maximum absolute atomic E-state index is 12.5. The number of rotatable bonds is 3. The largest absolute Gasteiger partial charge is 0.444 e. The van der Waals surface area contributed by atoms with E-state index in [-0.39, 0.29) is 15.8 Å². The Bertz CT molecular complexity index is 767. The smallest absolute Gasteiger partial charge is 0.413 e. The maximum Gasteiger partial charge on any atom is 0.413 e. The number of benzene rings is 1. The summed E-state index contributed by atoms with van der Waals surface area (Å²) in [5.41, 5.74) is -1.41. The van der Waals surface area contributed by atoms with E-state index in [9.17, 15) is 18.3 Å². The lowest BCUT2D eigenvalue weighted by Gasteiger charge is -2.19. The standard InChI is InChI=1S/C16H22N2O5S2/c1-10-5-7-11(8-6-10)25(21,22)13(19)12-9-24-14(17-12)18-15(20)23-16(2,3)4/h5-8,12-13,19H,9H2,1-4H3,(H,17,18,20)/t12-,13?/m0/s1. The molecule has 1 aliphatic rings. The molecule has 0 saturated carbocycles. The van der Waals surface area contributed by atoms with Crippen molar-refractivity contribution in [2.45, 2.75) is 49.7 Å². The van der Waals surface area contributed by atoms with Gasteiger partial charge in [-0.3, -0.25) is 10.3 Å². The van der Waals surface area contributed by atoms with Crippen LogP contribution >= 0.6 is 11.8 Å². The summed E-state index contributed by atoms with van der Waals surface area (Å²) < 4.78 is 30.1. The number of amidine groups is 1. The van der Waals surface area contributed by atoms with E-state index >= 15 is 0 Å². The average Bonchev–Trinajstić information content (AvgIpc) is 2.93. The number of thioether (sulfide) groups is 1. The highest BCUT2D eigenvalue weighted by Gasteiger charge is 2.36. The monoisotopic (exact) mass is 386 g/mol. The summed E-state index contributed by atoms with van der Waals surface area (Å²) in [6.45, 7) is 7.05. The molecule has 9 heteroatoms. The Hall–Kier alpha value is -1.58. The highest BCUT2D eigenvalue weighted by atomic mass is 32.2. The molecule has 0 saturated heterocycles. The zero-order valence-corrected chi connectivity index (χ0v) is 16.1. The van der Waals surface area contributed by atoms with Gasteiger partial charge in [-0.25, -0.2) is 13.2 Å². The van der Waals surface area contributed by atoms with Gasteiger partial charge in [0.05, 0.1) is 4.90 Å². The van der Waals surface area contributed by atoms with Crippen LogP contribution in [-0.2, 0) is 14.6 Å². The molecule has 0 aromatic heterocycles. The Morgan fingerprint density at radius 1 is 1.36 bits per heavy atom. The molecule has 25 heavy (non-hydrogen) atoms. The fourth-order valence-corrected chi connectivity index (χ4v) is 4.51. The van der Waals surface area contributed by atoms with Crippen molar-refractivity contribution in [2.24, 2.45) is 4.99 Å². The lowest BCUT2D eigenvalue weighted by molar-refractivity contribution is 0.0564. The molecule has 0 fully saturated rings. The van der Waals surface area contributed by atoms with Gasteiger partial charge in [-0.2, -0.15) is 0 Å². The van der Waals surface area contributed by atoms with Gasteiger partial charge < -0.3 is 9.84 Å². The summed E-state index contributed by atoms with van der Waals surface area (Å²) in [6.07, 6.45) is -0.671. The number of alkyl carbamates (subject to hydrolysis) is 1. The van der Waals surface area contributed by atoms with Gasteiger partial charge in [0.2, 0.25) is 9.84 Å². The first-order valence-corrected chi connectivity index (χ1v) is 10.2. The van der Waals surface area contributed by atoms with E-state index in [1.807, 2.05) is 6.92 Å². The van der Waals surface area contributed by atoms with Gasteiger partial charge in [-0.05, 0) is 39.8 Å². The Labute approximate surface area is 151 Å². The SMILES string of the molecule is Cc1ccc(S(=O)(=O)C(O)[C@@H]2CSC(NC(=O)OC(C)(C)C)=N2)cc1. The highest BCUT2D eigenvalue weighted by Crippen LogP contribution is 2.25. The van der Waals surface area contributed by atoms with Crippen LogP contribution in [0.2, 0.25) is 0 Å². The first kappa shape index (κ1) is 19.7. The van der Waals surface area contributed by atoms with Crippen molar-refractivity contribution in [3.63, 3.8) is 0 Å². The molecule has 7 nitrogen and oxygen atoms in total. The summed E-state index contributed by atoms with van der Waals surface area (Å²) in [6, 6.07) is 5.39. The second-order valence-electron chi connectivity index (χ2n) is 6.69. The minimum Gasteiger partial charge on any atom is -0.444 e. The number of aliphatic hydroxyl groups excluding tert-OH is 1. The molecule has 2 atom stereocenters. The number of carbonyl (C=O) groups excluding carboxylic acids is 1. The number of aliphatic imine (C=N–C) groups is 1. The molecule has 2 N–H and O–H groups in total. The third-order valence-electron chi connectivity index (χ3n) is 3.28. The van der Waals surface area contributed by atoms with E-state index in [1.165, 1.54) is 12.1 Å². The van der Waals surface area contributed by atoms with Crippen molar-refractivity contribution in [1.29, 1.82) is 0 Å². The quantitative estimate of drug-likeness (QED) is 0.824. The molecule has 1 amide bonds. The summed E-state index contributed by atoms with van der Waals surface area (Å²) >= 11 is 1.16. The number of carbonyl (C=O) groups is 1. The Morgan fingerprint density at radius 3 is 2.52 bits per heavy atom. The van der Waals surface area contributed by atoms with Crippen molar-refractivity contribution in [1.82, 2.24) is 5.32 Å². The van der Waals surface area contributed by atoms with Gasteiger partial charge in [-0.15, -0.1) is 0 Å². The number of aliphatic hydroxyl groups is 1. The van der Waals surface area contributed by atoms with Crippen LogP contribution in [-0.4, -0.2) is 47.6 Å². The van der Waals surface area contributed by atoms with Crippen molar-refractivity contribution in [3.05, 3.63) is 29.8 Å². The topological polar surface area (TPSA) is 105 Å². The van der Waals surface area contributed by atoms with E-state index in [1.54, 1.807) is 32.9 Å². The van der Waals surface area contributed by atoms with E-state index in [4.69, 9.17) is 4.74 Å². The van der Waals surface area contributed by atoms with Gasteiger partial charge in [0, 0.05) is 5.75 Å². The highest BCUT2D eigenvalue weighted by molar-refractivity contribution is 8.14. The number of nitrogens with one attached hydrogen (secondary N) is 1. The predicted molar refractivity (Wildman–Crippen MR) is 97.4 cm³/mol. The Kier molecular flexibility index (Phi) is 5.80. The van der Waals surface area contributed by atoms with Crippen molar-refractivity contribution in [3.8, 4) is 0 Å². The fourth-order valence-electron chi connectivity index (χ4n) is 2.07. The molecule has 0 bridgehead atoms. The number of aryl methyl sites for hydroxylation is 1. The number of nitrogens with zero attached hydrogens (tertiary/aromatic N) is 1. The number of hydrogen-bond acceptors (Lipinski definition) is 7. The molecule has 1 heterocycles. The molecule has 0 spiro atoms. The van der Waals surface area contributed by atoms with Gasteiger partial charge >= 0.3 is 6.09 Å². The second-order valence-corrected chi connectivity index (χ2v) is 9.74. The zero-order valence-electron chi connectivity index (χ0n) is 14.5. The van der Waals surface area contributed by atoms with Crippen LogP contribution < -0.4 is 5.32 Å². The van der Waals surface area contributed by atoms with Crippen LogP contribution in [0.3, 0.4) is 0 Å². The molecule has 1 aliphatic heterocycles. The lowest BCUT2D eigenvalue weighted by atomic mass is 10.2. The van der Waals surface area contributed by atoms with Crippen molar-refractivity contribution >= 4 is 32.9 Å². The summed E-state index contributed by atoms with van der Waals surface area (Å²) in [7, 11) is -3.93. The maximum atomic E-state index is 12.5. The van der Waals surface area contributed by atoms with Crippen LogP contribution in [0.15, 0.2) is 34.2 Å². The van der Waals surface area contributed by atoms with Crippen LogP contribution in [0, 0.1) is 6.92 Å². The van der Waals surface area contributed by atoms with Crippen molar-refractivity contribution in [2.75, 3.05) is 5.75 Å². The first-order valence-electron chi connectivity index (χ1n) is 7.68. The van der Waals surface area contributed by atoms with E-state index in [0.717, 1.165) is 17.3 Å². The molecule has 1 aromatic carbocycles. The zero-order chi connectivity index (χ0) is 18.8. The molecular weight excluding hydrogens is 364 g/mol. The van der Waals surface area contributed by atoms with E-state index < -0.39 is 33.0 Å². The van der Waals surface area contributed by atoms with E-state index in [0.29, 0.717) is 0 Å². The molecule has 1 unspecified atom stereocenters. The Morgan fingerprint density at radius 2 is 1.96 bits per heavy atom. The molecule has 0 aliphatic carbocycles. The fraction of sp³-hybridized carbons (Fsp3) is 0.500. The number of amides is 1. The minimum atomic E-state index is -3.93. The first-order chi connectivity index (χ1) is 11.5. The Balaban J connectivity index is 2.08. The minimum absolute atomic E-state index is 0.0411. The summed E-state index contributed by atoms with van der Waals surface area (Å²) in [5, 5.41) is 13.0. The lowest BCUT2D eigenvalue weighted by Crippen LogP contribution is -2.35. The second kappa shape index (κ2) is 7.35. The summed E-state index contributed by atoms with van der Waals surface area (Å²) in [5.74, 6) is 0.247. The van der Waals surface area contributed by atoms with Crippen LogP contribution in [0.4, 0.5) is 4.79 Å². The third kappa shape index (κ3) is 5.20. The molecular formula is C16H22N2O5S2. The van der Waals surface area contributed by atoms with E-state index in [2.05, 4.69) is 10.3 Å². The molecule has 138 valence electrons. The number of sulfone groups is 1. The van der Waals surface area contributed by atoms with Crippen LogP contribution in [0.1, 0.15) is 26.3 Å². The molecule has 0 radical (unpaired) electrons. The number of hydrogen-bond donors (Lipinski definition) is 2. The normalized spacial score (nSPS) is 19.2. The summed E-state index contributed by atoms with van der Waals surface area (Å²) in [4.78, 5) is 15.9. The van der Waals surface area contributed by atoms with Gasteiger partial charge in [0.25, 0.3) is 0 Å². The van der Waals surface area contributed by atoms with Crippen LogP contribution in [0.25, 0.3) is 0 Å². The predicted octanol–water partition coefficient (Wildman–Crippen LogP) is 2.08. The van der Waals surface area contributed by atoms with Gasteiger partial charge in [0.15, 0.2) is 10.6 Å². The molecule has 1 aromatic rings. The molecule has 2 rings (SSSR count). The van der Waals surface area contributed by atoms with Gasteiger partial charge in [-0.1, -0.05) is 29.5 Å².